The summed E-state index contributed by atoms with van der Waals surface area (Å²) in [5, 5.41) is 4.55. The zero-order valence-corrected chi connectivity index (χ0v) is 17.5. The van der Waals surface area contributed by atoms with E-state index < -0.39 is 21.6 Å². The smallest absolute Gasteiger partial charge is 0.270 e. The molecule has 0 radical (unpaired) electrons. The average Bonchev–Trinajstić information content (AvgIpc) is 3.22. The van der Waals surface area contributed by atoms with Crippen molar-refractivity contribution in [3.8, 4) is 5.75 Å². The maximum absolute atomic E-state index is 13.3. The number of para-hydroxylation sites is 2. The number of carbonyl (C=O) groups is 1. The molecule has 1 N–H and O–H groups in total. The molecular formula is C21H17FN2O4S2. The van der Waals surface area contributed by atoms with Gasteiger partial charge in [0.2, 0.25) is 5.78 Å². The number of ketones is 1. The van der Waals surface area contributed by atoms with E-state index in [0.29, 0.717) is 27.6 Å². The van der Waals surface area contributed by atoms with Gasteiger partial charge in [0.25, 0.3) is 10.0 Å². The van der Waals surface area contributed by atoms with Gasteiger partial charge in [-0.05, 0) is 41.3 Å². The molecule has 0 spiro atoms. The van der Waals surface area contributed by atoms with Gasteiger partial charge in [0.1, 0.15) is 16.4 Å². The molecule has 4 rings (SSSR count). The minimum absolute atomic E-state index is 0.0222. The Morgan fingerprint density at radius 2 is 1.87 bits per heavy atom. The van der Waals surface area contributed by atoms with Gasteiger partial charge in [0.05, 0.1) is 25.0 Å². The summed E-state index contributed by atoms with van der Waals surface area (Å²) in [5.41, 5.74) is 1.45. The van der Waals surface area contributed by atoms with Gasteiger partial charge in [-0.3, -0.25) is 9.10 Å². The number of allylic oxidation sites excluding steroid dienone is 1. The van der Waals surface area contributed by atoms with Gasteiger partial charge in [0, 0.05) is 6.20 Å². The third-order valence-corrected chi connectivity index (χ3v) is 7.28. The second kappa shape index (κ2) is 7.92. The van der Waals surface area contributed by atoms with E-state index in [1.54, 1.807) is 35.7 Å². The highest BCUT2D eigenvalue weighted by atomic mass is 32.2. The molecular weight excluding hydrogens is 427 g/mol. The van der Waals surface area contributed by atoms with Crippen LogP contribution < -0.4 is 14.4 Å². The Labute approximate surface area is 177 Å². The normalized spacial score (nSPS) is 16.4. The van der Waals surface area contributed by atoms with Crippen molar-refractivity contribution in [1.29, 1.82) is 0 Å². The van der Waals surface area contributed by atoms with Crippen LogP contribution in [-0.2, 0) is 16.6 Å². The monoisotopic (exact) mass is 444 g/mol. The standard InChI is InChI=1S/C21H17FN2O4S2/c1-28-18-5-3-2-4-16(18)23-12-19-20(25)21-17(10-11-29-21)24(30(19,26)27)13-14-6-8-15(22)9-7-14/h2-12,23H,13H2,1H3. The van der Waals surface area contributed by atoms with Crippen molar-refractivity contribution >= 4 is 38.5 Å². The van der Waals surface area contributed by atoms with Crippen molar-refractivity contribution in [1.82, 2.24) is 0 Å². The topological polar surface area (TPSA) is 75.7 Å². The first-order valence-electron chi connectivity index (χ1n) is 8.91. The van der Waals surface area contributed by atoms with Crippen LogP contribution in [0.4, 0.5) is 15.8 Å². The van der Waals surface area contributed by atoms with Crippen molar-refractivity contribution in [2.45, 2.75) is 6.54 Å². The van der Waals surface area contributed by atoms with Crippen LogP contribution in [0.5, 0.6) is 5.75 Å². The number of benzene rings is 2. The van der Waals surface area contributed by atoms with E-state index in [9.17, 15) is 17.6 Å². The molecule has 30 heavy (non-hydrogen) atoms. The second-order valence-electron chi connectivity index (χ2n) is 6.46. The zero-order valence-electron chi connectivity index (χ0n) is 15.8. The largest absolute Gasteiger partial charge is 0.495 e. The maximum Gasteiger partial charge on any atom is 0.270 e. The van der Waals surface area contributed by atoms with Crippen LogP contribution in [0, 0.1) is 5.82 Å². The van der Waals surface area contributed by atoms with Gasteiger partial charge in [0.15, 0.2) is 4.91 Å². The van der Waals surface area contributed by atoms with Crippen LogP contribution >= 0.6 is 11.3 Å². The molecule has 0 atom stereocenters. The summed E-state index contributed by atoms with van der Waals surface area (Å²) in [5.74, 6) is -0.471. The Morgan fingerprint density at radius 3 is 2.60 bits per heavy atom. The molecule has 0 unspecified atom stereocenters. The molecule has 2 heterocycles. The summed E-state index contributed by atoms with van der Waals surface area (Å²) < 4.78 is 46.3. The maximum atomic E-state index is 13.3. The van der Waals surface area contributed by atoms with E-state index in [1.165, 1.54) is 53.2 Å². The lowest BCUT2D eigenvalue weighted by molar-refractivity contribution is 0.104. The Morgan fingerprint density at radius 1 is 1.13 bits per heavy atom. The minimum atomic E-state index is -4.14. The Kier molecular flexibility index (Phi) is 5.31. The summed E-state index contributed by atoms with van der Waals surface area (Å²) in [6.45, 7) is -0.0222. The average molecular weight is 445 g/mol. The number of halogens is 1. The fraction of sp³-hybridized carbons (Fsp3) is 0.0952. The van der Waals surface area contributed by atoms with Crippen molar-refractivity contribution in [2.75, 3.05) is 16.7 Å². The third-order valence-electron chi connectivity index (χ3n) is 4.62. The summed E-state index contributed by atoms with van der Waals surface area (Å²) in [4.78, 5) is 12.9. The van der Waals surface area contributed by atoms with Crippen LogP contribution in [-0.4, -0.2) is 21.3 Å². The molecule has 9 heteroatoms. The summed E-state index contributed by atoms with van der Waals surface area (Å²) in [6.07, 6.45) is 1.19. The lowest BCUT2D eigenvalue weighted by Gasteiger charge is -2.29. The van der Waals surface area contributed by atoms with Gasteiger partial charge in [-0.1, -0.05) is 24.3 Å². The van der Waals surface area contributed by atoms with Gasteiger partial charge in [-0.25, -0.2) is 12.8 Å². The number of rotatable bonds is 5. The Hall–Kier alpha value is -3.17. The molecule has 0 saturated heterocycles. The molecule has 0 amide bonds. The first-order valence-corrected chi connectivity index (χ1v) is 11.2. The number of methoxy groups -OCH3 is 1. The zero-order chi connectivity index (χ0) is 21.3. The summed E-state index contributed by atoms with van der Waals surface area (Å²) in [7, 11) is -2.64. The highest BCUT2D eigenvalue weighted by molar-refractivity contribution is 7.97. The van der Waals surface area contributed by atoms with Crippen LogP contribution in [0.1, 0.15) is 15.2 Å². The SMILES string of the molecule is COc1ccccc1NC=C1C(=O)c2sccc2N(Cc2ccc(F)cc2)S1(=O)=O. The number of nitrogens with zero attached hydrogens (tertiary/aromatic N) is 1. The molecule has 1 aromatic heterocycles. The molecule has 1 aliphatic heterocycles. The molecule has 154 valence electrons. The van der Waals surface area contributed by atoms with E-state index in [-0.39, 0.29) is 11.4 Å². The minimum Gasteiger partial charge on any atom is -0.495 e. The number of nitrogens with one attached hydrogen (secondary N) is 1. The highest BCUT2D eigenvalue weighted by Gasteiger charge is 2.41. The number of Topliss-reactive ketones (excluding diaryl/α,β-unsaturated/α-hetero) is 1. The predicted octanol–water partition coefficient (Wildman–Crippen LogP) is 4.38. The number of sulfonamides is 1. The number of hydrogen-bond acceptors (Lipinski definition) is 6. The van der Waals surface area contributed by atoms with Crippen molar-refractivity contribution in [3.05, 3.63) is 87.3 Å². The first kappa shape index (κ1) is 20.1. The van der Waals surface area contributed by atoms with Crippen LogP contribution in [0.2, 0.25) is 0 Å². The number of anilines is 2. The van der Waals surface area contributed by atoms with E-state index >= 15 is 0 Å². The molecule has 3 aromatic rings. The molecule has 0 bridgehead atoms. The van der Waals surface area contributed by atoms with Gasteiger partial charge < -0.3 is 10.1 Å². The third kappa shape index (κ3) is 3.57. The van der Waals surface area contributed by atoms with E-state index in [0.717, 1.165) is 0 Å². The van der Waals surface area contributed by atoms with Crippen molar-refractivity contribution in [3.63, 3.8) is 0 Å². The van der Waals surface area contributed by atoms with Gasteiger partial charge in [-0.2, -0.15) is 0 Å². The molecule has 0 saturated carbocycles. The van der Waals surface area contributed by atoms with E-state index in [1.807, 2.05) is 0 Å². The van der Waals surface area contributed by atoms with Gasteiger partial charge in [-0.15, -0.1) is 11.3 Å². The molecule has 0 aliphatic carbocycles. The highest BCUT2D eigenvalue weighted by Crippen LogP contribution is 2.39. The first-order chi connectivity index (χ1) is 14.4. The van der Waals surface area contributed by atoms with Gasteiger partial charge >= 0.3 is 0 Å². The molecule has 2 aromatic carbocycles. The van der Waals surface area contributed by atoms with E-state index in [4.69, 9.17) is 4.74 Å². The van der Waals surface area contributed by atoms with Crippen LogP contribution in [0.25, 0.3) is 0 Å². The van der Waals surface area contributed by atoms with Crippen LogP contribution in [0.15, 0.2) is 71.1 Å². The molecule has 6 nitrogen and oxygen atoms in total. The Balaban J connectivity index is 1.75. The number of thiophene rings is 1. The van der Waals surface area contributed by atoms with Crippen molar-refractivity contribution in [2.24, 2.45) is 0 Å². The van der Waals surface area contributed by atoms with Crippen molar-refractivity contribution < 1.29 is 22.3 Å². The summed E-state index contributed by atoms with van der Waals surface area (Å²) >= 11 is 1.18. The predicted molar refractivity (Wildman–Crippen MR) is 115 cm³/mol. The quantitative estimate of drug-likeness (QED) is 0.591. The Bertz CT molecular complexity index is 1230. The fourth-order valence-corrected chi connectivity index (χ4v) is 5.60. The fourth-order valence-electron chi connectivity index (χ4n) is 3.12. The lowest BCUT2D eigenvalue weighted by atomic mass is 10.2. The number of ether oxygens (including phenoxy) is 1. The lowest BCUT2D eigenvalue weighted by Crippen LogP contribution is -2.38. The van der Waals surface area contributed by atoms with E-state index in [2.05, 4.69) is 5.32 Å². The molecule has 0 fully saturated rings. The number of fused-ring (bicyclic) bond motifs is 1. The second-order valence-corrected chi connectivity index (χ2v) is 9.20. The molecule has 1 aliphatic rings. The number of carbonyl (C=O) groups excluding carboxylic acids is 1. The summed E-state index contributed by atoms with van der Waals surface area (Å²) in [6, 6.07) is 14.1. The number of hydrogen-bond donors (Lipinski definition) is 1. The van der Waals surface area contributed by atoms with Crippen LogP contribution in [0.3, 0.4) is 0 Å².